The molecular weight excluding hydrogens is 388 g/mol. The third kappa shape index (κ3) is 2.28. The highest BCUT2D eigenvalue weighted by Crippen LogP contribution is 2.52. The number of carbonyl (C=O) groups is 2. The van der Waals surface area contributed by atoms with Crippen molar-refractivity contribution in [2.45, 2.75) is 11.8 Å². The van der Waals surface area contributed by atoms with Gasteiger partial charge < -0.3 is 5.32 Å². The number of benzene rings is 2. The van der Waals surface area contributed by atoms with E-state index in [0.717, 1.165) is 11.3 Å². The van der Waals surface area contributed by atoms with Crippen LogP contribution in [0.1, 0.15) is 17.5 Å². The number of nitrogens with zero attached hydrogens (tertiary/aromatic N) is 3. The van der Waals surface area contributed by atoms with Gasteiger partial charge in [0.2, 0.25) is 11.8 Å². The first kappa shape index (κ1) is 17.5. The van der Waals surface area contributed by atoms with Gasteiger partial charge in [0.05, 0.1) is 23.5 Å². The molecule has 0 saturated carbocycles. The zero-order valence-electron chi connectivity index (χ0n) is 15.2. The lowest BCUT2D eigenvalue weighted by molar-refractivity contribution is -0.126. The van der Waals surface area contributed by atoms with Crippen molar-refractivity contribution in [2.24, 2.45) is 0 Å². The van der Waals surface area contributed by atoms with Crippen LogP contribution in [0.25, 0.3) is 5.69 Å². The summed E-state index contributed by atoms with van der Waals surface area (Å²) in [5, 5.41) is 7.83. The number of anilines is 2. The Hall–Kier alpha value is -3.56. The predicted octanol–water partition coefficient (Wildman–Crippen LogP) is 3.13. The van der Waals surface area contributed by atoms with Gasteiger partial charge >= 0.3 is 0 Å². The molecule has 1 spiro atoms. The molecule has 0 aliphatic carbocycles. The topological polar surface area (TPSA) is 67.2 Å². The number of halogens is 1. The van der Waals surface area contributed by atoms with Crippen LogP contribution in [-0.4, -0.2) is 28.1 Å². The number of para-hydroxylation sites is 2. The number of rotatable bonds is 2. The summed E-state index contributed by atoms with van der Waals surface area (Å²) in [5.74, 6) is 2.50. The summed E-state index contributed by atoms with van der Waals surface area (Å²) in [6, 6.07) is 14.6. The quantitative estimate of drug-likeness (QED) is 0.670. The van der Waals surface area contributed by atoms with Crippen LogP contribution in [0.3, 0.4) is 0 Å². The van der Waals surface area contributed by atoms with Crippen LogP contribution in [0.15, 0.2) is 54.7 Å². The summed E-state index contributed by atoms with van der Waals surface area (Å²) in [5.41, 5.74) is 1.57. The molecule has 1 aromatic heterocycles. The minimum absolute atomic E-state index is 0.00880. The molecule has 3 heterocycles. The van der Waals surface area contributed by atoms with Gasteiger partial charge in [0.25, 0.3) is 0 Å². The van der Waals surface area contributed by atoms with E-state index < -0.39 is 5.41 Å². The van der Waals surface area contributed by atoms with Crippen LogP contribution in [0.4, 0.5) is 11.5 Å². The van der Waals surface area contributed by atoms with Gasteiger partial charge in [0.1, 0.15) is 11.2 Å². The maximum atomic E-state index is 13.6. The average Bonchev–Trinajstić information content (AvgIpc) is 3.23. The largest absolute Gasteiger partial charge is 0.310 e. The van der Waals surface area contributed by atoms with Crippen LogP contribution in [0.5, 0.6) is 0 Å². The number of aromatic nitrogens is 2. The van der Waals surface area contributed by atoms with E-state index in [1.54, 1.807) is 27.9 Å². The molecule has 0 bridgehead atoms. The molecule has 3 aromatic rings. The third-order valence-electron chi connectivity index (χ3n) is 5.51. The second-order valence-electron chi connectivity index (χ2n) is 7.01. The second kappa shape index (κ2) is 6.23. The minimum Gasteiger partial charge on any atom is -0.310 e. The zero-order chi connectivity index (χ0) is 20.2. The molecule has 1 N–H and O–H groups in total. The molecule has 0 radical (unpaired) electrons. The van der Waals surface area contributed by atoms with E-state index in [2.05, 4.69) is 16.3 Å². The Balaban J connectivity index is 1.78. The van der Waals surface area contributed by atoms with Crippen molar-refractivity contribution < 1.29 is 9.59 Å². The molecule has 142 valence electrons. The summed E-state index contributed by atoms with van der Waals surface area (Å²) in [7, 11) is 0. The molecule has 29 heavy (non-hydrogen) atoms. The maximum Gasteiger partial charge on any atom is 0.243 e. The molecule has 7 heteroatoms. The molecule has 2 aliphatic rings. The van der Waals surface area contributed by atoms with Crippen molar-refractivity contribution in [3.05, 3.63) is 70.9 Å². The first-order valence-corrected chi connectivity index (χ1v) is 9.44. The van der Waals surface area contributed by atoms with E-state index in [1.807, 2.05) is 36.4 Å². The summed E-state index contributed by atoms with van der Waals surface area (Å²) in [6.45, 7) is 0.132. The highest BCUT2D eigenvalue weighted by atomic mass is 35.5. The summed E-state index contributed by atoms with van der Waals surface area (Å²) >= 11 is 6.35. The fourth-order valence-electron chi connectivity index (χ4n) is 4.30. The third-order valence-corrected chi connectivity index (χ3v) is 5.83. The molecule has 0 unspecified atom stereocenters. The average molecular weight is 403 g/mol. The SMILES string of the molecule is C#CCN1C(=O)[C@@]2(CC(=O)Nc3c2cnn3-c2ccccc2Cl)c2ccccc21. The number of hydrogen-bond acceptors (Lipinski definition) is 3. The molecule has 6 nitrogen and oxygen atoms in total. The van der Waals surface area contributed by atoms with Gasteiger partial charge in [-0.3, -0.25) is 14.5 Å². The van der Waals surface area contributed by atoms with Crippen molar-refractivity contribution in [1.82, 2.24) is 9.78 Å². The predicted molar refractivity (Wildman–Crippen MR) is 110 cm³/mol. The fourth-order valence-corrected chi connectivity index (χ4v) is 4.52. The van der Waals surface area contributed by atoms with Crippen molar-refractivity contribution in [1.29, 1.82) is 0 Å². The Morgan fingerprint density at radius 1 is 1.10 bits per heavy atom. The van der Waals surface area contributed by atoms with Crippen molar-refractivity contribution in [3.8, 4) is 18.0 Å². The van der Waals surface area contributed by atoms with Gasteiger partial charge in [-0.1, -0.05) is 47.9 Å². The molecule has 0 saturated heterocycles. The van der Waals surface area contributed by atoms with E-state index in [4.69, 9.17) is 18.0 Å². The first-order chi connectivity index (χ1) is 14.1. The van der Waals surface area contributed by atoms with Crippen LogP contribution in [0.2, 0.25) is 5.02 Å². The van der Waals surface area contributed by atoms with Crippen LogP contribution in [0, 0.1) is 12.3 Å². The lowest BCUT2D eigenvalue weighted by Gasteiger charge is -2.32. The molecule has 2 amide bonds. The Bertz CT molecular complexity index is 1230. The molecule has 2 aliphatic heterocycles. The van der Waals surface area contributed by atoms with E-state index in [1.165, 1.54) is 0 Å². The molecule has 5 rings (SSSR count). The Labute approximate surface area is 172 Å². The maximum absolute atomic E-state index is 13.6. The van der Waals surface area contributed by atoms with Crippen LogP contribution < -0.4 is 10.2 Å². The summed E-state index contributed by atoms with van der Waals surface area (Å²) in [4.78, 5) is 28.0. The normalized spacial score (nSPS) is 19.7. The van der Waals surface area contributed by atoms with Gasteiger partial charge in [-0.25, -0.2) is 4.68 Å². The van der Waals surface area contributed by atoms with E-state index >= 15 is 0 Å². The Morgan fingerprint density at radius 3 is 2.59 bits per heavy atom. The standard InChI is InChI=1S/C22H15ClN4O2/c1-2-11-26-17-9-5-3-7-14(17)22(21(26)29)12-19(28)25-20-15(22)13-24-27(20)18-10-6-4-8-16(18)23/h1,3-10,13H,11-12H2,(H,25,28)/t22-/m0/s1. The zero-order valence-corrected chi connectivity index (χ0v) is 16.0. The fraction of sp³-hybridized carbons (Fsp3) is 0.136. The lowest BCUT2D eigenvalue weighted by atomic mass is 9.72. The van der Waals surface area contributed by atoms with Gasteiger partial charge in [-0.05, 0) is 23.8 Å². The minimum atomic E-state index is -1.16. The number of nitrogens with one attached hydrogen (secondary N) is 1. The number of terminal acetylenes is 1. The van der Waals surface area contributed by atoms with Crippen molar-refractivity contribution >= 4 is 34.9 Å². The van der Waals surface area contributed by atoms with E-state index in [9.17, 15) is 9.59 Å². The lowest BCUT2D eigenvalue weighted by Crippen LogP contribution is -2.46. The molecule has 0 fully saturated rings. The van der Waals surface area contributed by atoms with Gasteiger partial charge in [0.15, 0.2) is 0 Å². The van der Waals surface area contributed by atoms with E-state index in [0.29, 0.717) is 22.1 Å². The summed E-state index contributed by atoms with van der Waals surface area (Å²) < 4.78 is 1.57. The molecular formula is C22H15ClN4O2. The summed E-state index contributed by atoms with van der Waals surface area (Å²) in [6.07, 6.45) is 7.13. The van der Waals surface area contributed by atoms with Crippen molar-refractivity contribution in [2.75, 3.05) is 16.8 Å². The highest BCUT2D eigenvalue weighted by Gasteiger charge is 2.57. The van der Waals surface area contributed by atoms with Gasteiger partial charge in [-0.15, -0.1) is 6.42 Å². The number of carbonyl (C=O) groups excluding carboxylic acids is 2. The smallest absolute Gasteiger partial charge is 0.243 e. The van der Waals surface area contributed by atoms with Crippen molar-refractivity contribution in [3.63, 3.8) is 0 Å². The van der Waals surface area contributed by atoms with Crippen LogP contribution >= 0.6 is 11.6 Å². The monoisotopic (exact) mass is 402 g/mol. The second-order valence-corrected chi connectivity index (χ2v) is 7.42. The number of fused-ring (bicyclic) bond motifs is 4. The van der Waals surface area contributed by atoms with Crippen LogP contribution in [-0.2, 0) is 15.0 Å². The Morgan fingerprint density at radius 2 is 1.83 bits per heavy atom. The first-order valence-electron chi connectivity index (χ1n) is 9.06. The van der Waals surface area contributed by atoms with E-state index in [-0.39, 0.29) is 24.8 Å². The Kier molecular flexibility index (Phi) is 3.76. The highest BCUT2D eigenvalue weighted by molar-refractivity contribution is 6.32. The van der Waals surface area contributed by atoms with Gasteiger partial charge in [0, 0.05) is 17.7 Å². The van der Waals surface area contributed by atoms with Gasteiger partial charge in [-0.2, -0.15) is 5.10 Å². The molecule has 2 aromatic carbocycles. The number of amides is 2. The number of hydrogen-bond donors (Lipinski definition) is 1. The molecule has 1 atom stereocenters.